The van der Waals surface area contributed by atoms with Crippen LogP contribution in [-0.2, 0) is 6.42 Å². The summed E-state index contributed by atoms with van der Waals surface area (Å²) in [6, 6.07) is 15.2. The van der Waals surface area contributed by atoms with E-state index < -0.39 is 0 Å². The maximum Gasteiger partial charge on any atom is 0.261 e. The van der Waals surface area contributed by atoms with Crippen molar-refractivity contribution in [2.24, 2.45) is 0 Å². The number of carbonyl (C=O) groups excluding carboxylic acids is 2. The van der Waals surface area contributed by atoms with E-state index in [4.69, 9.17) is 0 Å². The zero-order chi connectivity index (χ0) is 19.7. The number of fused-ring (bicyclic) bond motifs is 1. The van der Waals surface area contributed by atoms with Gasteiger partial charge in [0.05, 0.1) is 5.56 Å². The van der Waals surface area contributed by atoms with E-state index in [-0.39, 0.29) is 17.7 Å². The number of nitrogens with one attached hydrogen (secondary N) is 1. The molecule has 6 nitrogen and oxygen atoms in total. The fraction of sp³-hybridized carbons (Fsp3) is 0.182. The molecule has 2 heterocycles. The summed E-state index contributed by atoms with van der Waals surface area (Å²) in [5, 5.41) is 3.06. The number of anilines is 3. The second-order valence-corrected chi connectivity index (χ2v) is 6.91. The number of para-hydroxylation sites is 1. The molecule has 1 amide bonds. The Hall–Kier alpha value is -3.54. The van der Waals surface area contributed by atoms with Gasteiger partial charge >= 0.3 is 0 Å². The third kappa shape index (κ3) is 3.36. The number of rotatable bonds is 4. The molecule has 4 rings (SSSR count). The molecule has 1 atom stereocenters. The summed E-state index contributed by atoms with van der Waals surface area (Å²) in [6.07, 6.45) is 3.90. The highest BCUT2D eigenvalue weighted by atomic mass is 16.2. The van der Waals surface area contributed by atoms with Crippen molar-refractivity contribution < 1.29 is 9.59 Å². The van der Waals surface area contributed by atoms with Crippen LogP contribution < -0.4 is 10.2 Å². The number of hydrogen-bond acceptors (Lipinski definition) is 5. The van der Waals surface area contributed by atoms with Crippen molar-refractivity contribution in [3.8, 4) is 0 Å². The van der Waals surface area contributed by atoms with Gasteiger partial charge in [-0.15, -0.1) is 0 Å². The fourth-order valence-electron chi connectivity index (χ4n) is 3.46. The molecular weight excluding hydrogens is 352 g/mol. The van der Waals surface area contributed by atoms with Crippen molar-refractivity contribution >= 4 is 29.0 Å². The van der Waals surface area contributed by atoms with Gasteiger partial charge in [-0.3, -0.25) is 9.59 Å². The van der Waals surface area contributed by atoms with Crippen molar-refractivity contribution in [2.75, 3.05) is 10.2 Å². The van der Waals surface area contributed by atoms with Crippen LogP contribution in [0.15, 0.2) is 60.9 Å². The van der Waals surface area contributed by atoms with Crippen LogP contribution in [-0.4, -0.2) is 27.7 Å². The van der Waals surface area contributed by atoms with Crippen LogP contribution in [0.25, 0.3) is 0 Å². The van der Waals surface area contributed by atoms with Crippen molar-refractivity contribution in [2.45, 2.75) is 26.3 Å². The van der Waals surface area contributed by atoms with Crippen LogP contribution >= 0.6 is 0 Å². The van der Waals surface area contributed by atoms with Gasteiger partial charge in [-0.05, 0) is 44.0 Å². The highest BCUT2D eigenvalue weighted by Gasteiger charge is 2.31. The van der Waals surface area contributed by atoms with Gasteiger partial charge in [0.15, 0.2) is 5.78 Å². The van der Waals surface area contributed by atoms with Crippen LogP contribution in [0.5, 0.6) is 0 Å². The molecule has 0 saturated carbocycles. The Labute approximate surface area is 163 Å². The minimum atomic E-state index is -0.109. The maximum atomic E-state index is 13.0. The number of amides is 1. The summed E-state index contributed by atoms with van der Waals surface area (Å²) in [5.74, 6) is 0.250. The molecule has 1 aliphatic heterocycles. The van der Waals surface area contributed by atoms with Gasteiger partial charge in [-0.25, -0.2) is 9.97 Å². The van der Waals surface area contributed by atoms with Crippen LogP contribution in [0.2, 0.25) is 0 Å². The standard InChI is InChI=1S/C22H20N4O2/c1-14-10-17-6-3-4-9-20(17)26(14)21(28)18-12-23-22(24-13-18)25-19-8-5-7-16(11-19)15(2)27/h3-9,11-14H,10H2,1-2H3,(H,23,24,25). The lowest BCUT2D eigenvalue weighted by Crippen LogP contribution is -2.35. The second-order valence-electron chi connectivity index (χ2n) is 6.91. The van der Waals surface area contributed by atoms with E-state index in [1.165, 1.54) is 24.9 Å². The van der Waals surface area contributed by atoms with Crippen LogP contribution in [0.1, 0.15) is 40.1 Å². The Balaban J connectivity index is 1.53. The summed E-state index contributed by atoms with van der Waals surface area (Å²) in [5.41, 5.74) is 3.88. The van der Waals surface area contributed by atoms with Gasteiger partial charge in [-0.2, -0.15) is 0 Å². The molecule has 0 bridgehead atoms. The van der Waals surface area contributed by atoms with Gasteiger partial charge < -0.3 is 10.2 Å². The molecule has 140 valence electrons. The first-order valence-electron chi connectivity index (χ1n) is 9.14. The highest BCUT2D eigenvalue weighted by molar-refractivity contribution is 6.07. The van der Waals surface area contributed by atoms with E-state index in [0.29, 0.717) is 22.8 Å². The molecular formula is C22H20N4O2. The zero-order valence-electron chi connectivity index (χ0n) is 15.7. The summed E-state index contributed by atoms with van der Waals surface area (Å²) in [4.78, 5) is 34.8. The van der Waals surface area contributed by atoms with Gasteiger partial charge in [0, 0.05) is 35.4 Å². The molecule has 1 unspecified atom stereocenters. The molecule has 1 aromatic heterocycles. The van der Waals surface area contributed by atoms with E-state index in [2.05, 4.69) is 21.4 Å². The summed E-state index contributed by atoms with van der Waals surface area (Å²) >= 11 is 0. The summed E-state index contributed by atoms with van der Waals surface area (Å²) < 4.78 is 0. The zero-order valence-corrected chi connectivity index (χ0v) is 15.7. The first kappa shape index (κ1) is 17.9. The molecule has 0 aliphatic carbocycles. The molecule has 6 heteroatoms. The Morgan fingerprint density at radius 3 is 2.54 bits per heavy atom. The van der Waals surface area contributed by atoms with Gasteiger partial charge in [0.2, 0.25) is 5.95 Å². The van der Waals surface area contributed by atoms with E-state index in [1.54, 1.807) is 23.1 Å². The van der Waals surface area contributed by atoms with Crippen molar-refractivity contribution in [3.63, 3.8) is 0 Å². The minimum Gasteiger partial charge on any atom is -0.324 e. The molecule has 0 radical (unpaired) electrons. The van der Waals surface area contributed by atoms with Crippen LogP contribution in [0, 0.1) is 0 Å². The van der Waals surface area contributed by atoms with E-state index in [1.807, 2.05) is 31.2 Å². The molecule has 0 fully saturated rings. The van der Waals surface area contributed by atoms with E-state index in [0.717, 1.165) is 12.1 Å². The molecule has 2 aromatic carbocycles. The number of hydrogen-bond donors (Lipinski definition) is 1. The third-order valence-corrected chi connectivity index (χ3v) is 4.85. The maximum absolute atomic E-state index is 13.0. The largest absolute Gasteiger partial charge is 0.324 e. The molecule has 3 aromatic rings. The van der Waals surface area contributed by atoms with Crippen molar-refractivity contribution in [1.82, 2.24) is 9.97 Å². The SMILES string of the molecule is CC(=O)c1cccc(Nc2ncc(C(=O)N3c4ccccc4CC3C)cn2)c1. The summed E-state index contributed by atoms with van der Waals surface area (Å²) in [6.45, 7) is 3.56. The fourth-order valence-corrected chi connectivity index (χ4v) is 3.46. The quantitative estimate of drug-likeness (QED) is 0.700. The Bertz CT molecular complexity index is 1050. The summed E-state index contributed by atoms with van der Waals surface area (Å²) in [7, 11) is 0. The van der Waals surface area contributed by atoms with E-state index in [9.17, 15) is 9.59 Å². The topological polar surface area (TPSA) is 75.2 Å². The lowest BCUT2D eigenvalue weighted by molar-refractivity contribution is 0.0979. The average Bonchev–Trinajstić information content (AvgIpc) is 3.04. The third-order valence-electron chi connectivity index (χ3n) is 4.85. The Morgan fingerprint density at radius 2 is 1.79 bits per heavy atom. The van der Waals surface area contributed by atoms with Crippen LogP contribution in [0.4, 0.5) is 17.3 Å². The predicted molar refractivity (Wildman–Crippen MR) is 108 cm³/mol. The Morgan fingerprint density at radius 1 is 1.04 bits per heavy atom. The first-order valence-corrected chi connectivity index (χ1v) is 9.14. The van der Waals surface area contributed by atoms with Gasteiger partial charge in [0.25, 0.3) is 5.91 Å². The van der Waals surface area contributed by atoms with Crippen molar-refractivity contribution in [3.05, 3.63) is 77.6 Å². The molecule has 1 aliphatic rings. The van der Waals surface area contributed by atoms with Gasteiger partial charge in [0.1, 0.15) is 0 Å². The molecule has 0 spiro atoms. The molecule has 0 saturated heterocycles. The predicted octanol–water partition coefficient (Wildman–Crippen LogP) is 4.01. The number of ketones is 1. The molecule has 28 heavy (non-hydrogen) atoms. The highest BCUT2D eigenvalue weighted by Crippen LogP contribution is 2.32. The number of benzene rings is 2. The van der Waals surface area contributed by atoms with E-state index >= 15 is 0 Å². The number of Topliss-reactive ketones (excluding diaryl/α,β-unsaturated/α-hetero) is 1. The lowest BCUT2D eigenvalue weighted by atomic mass is 10.1. The van der Waals surface area contributed by atoms with Gasteiger partial charge in [-0.1, -0.05) is 30.3 Å². The second kappa shape index (κ2) is 7.23. The number of nitrogens with zero attached hydrogens (tertiary/aromatic N) is 3. The lowest BCUT2D eigenvalue weighted by Gasteiger charge is -2.22. The van der Waals surface area contributed by atoms with Crippen LogP contribution in [0.3, 0.4) is 0 Å². The first-order chi connectivity index (χ1) is 13.5. The smallest absolute Gasteiger partial charge is 0.261 e. The number of aromatic nitrogens is 2. The normalized spacial score (nSPS) is 15.2. The number of carbonyl (C=O) groups is 2. The monoisotopic (exact) mass is 372 g/mol. The average molecular weight is 372 g/mol. The molecule has 1 N–H and O–H groups in total. The minimum absolute atomic E-state index is 0.00877. The van der Waals surface area contributed by atoms with Crippen molar-refractivity contribution in [1.29, 1.82) is 0 Å². The Kier molecular flexibility index (Phi) is 4.61.